The Hall–Kier alpha value is -1.94. The summed E-state index contributed by atoms with van der Waals surface area (Å²) in [5.74, 6) is 1.72. The zero-order valence-corrected chi connectivity index (χ0v) is 11.1. The molecule has 0 saturated heterocycles. The van der Waals surface area contributed by atoms with E-state index in [0.717, 1.165) is 24.5 Å². The molecular weight excluding hydrogens is 238 g/mol. The van der Waals surface area contributed by atoms with Gasteiger partial charge in [0.15, 0.2) is 0 Å². The third-order valence-electron chi connectivity index (χ3n) is 2.77. The molecule has 0 aliphatic carbocycles. The van der Waals surface area contributed by atoms with Gasteiger partial charge in [-0.25, -0.2) is 9.97 Å². The number of nitrogens with zero attached hydrogens (tertiary/aromatic N) is 2. The molecule has 2 aromatic rings. The summed E-state index contributed by atoms with van der Waals surface area (Å²) in [6.45, 7) is 3.60. The Balaban J connectivity index is 1.87. The molecule has 0 saturated carbocycles. The Morgan fingerprint density at radius 2 is 1.84 bits per heavy atom. The van der Waals surface area contributed by atoms with Crippen LogP contribution in [0.4, 0.5) is 0 Å². The summed E-state index contributed by atoms with van der Waals surface area (Å²) >= 11 is 0. The third kappa shape index (κ3) is 4.34. The van der Waals surface area contributed by atoms with Crippen LogP contribution in [0.25, 0.3) is 0 Å². The summed E-state index contributed by atoms with van der Waals surface area (Å²) in [5.41, 5.74) is 0. The first-order valence-corrected chi connectivity index (χ1v) is 6.58. The van der Waals surface area contributed by atoms with Crippen LogP contribution in [-0.2, 0) is 0 Å². The molecule has 1 aromatic heterocycles. The van der Waals surface area contributed by atoms with Crippen molar-refractivity contribution < 1.29 is 4.74 Å². The zero-order valence-electron chi connectivity index (χ0n) is 11.1. The van der Waals surface area contributed by atoms with E-state index in [1.54, 1.807) is 12.4 Å². The SMILES string of the molecule is CCNC(CCOc1ccccc1)c1ncccn1. The molecule has 1 unspecified atom stereocenters. The lowest BCUT2D eigenvalue weighted by atomic mass is 10.2. The second-order valence-corrected chi connectivity index (χ2v) is 4.17. The Bertz CT molecular complexity index is 461. The number of hydrogen-bond donors (Lipinski definition) is 1. The van der Waals surface area contributed by atoms with Gasteiger partial charge >= 0.3 is 0 Å². The highest BCUT2D eigenvalue weighted by molar-refractivity contribution is 5.20. The van der Waals surface area contributed by atoms with E-state index < -0.39 is 0 Å². The zero-order chi connectivity index (χ0) is 13.3. The van der Waals surface area contributed by atoms with Gasteiger partial charge in [0.05, 0.1) is 12.6 Å². The largest absolute Gasteiger partial charge is 0.494 e. The first-order valence-electron chi connectivity index (χ1n) is 6.58. The highest BCUT2D eigenvalue weighted by Gasteiger charge is 2.12. The third-order valence-corrected chi connectivity index (χ3v) is 2.77. The van der Waals surface area contributed by atoms with E-state index in [4.69, 9.17) is 4.74 Å². The van der Waals surface area contributed by atoms with Crippen LogP contribution in [0.3, 0.4) is 0 Å². The minimum Gasteiger partial charge on any atom is -0.494 e. The van der Waals surface area contributed by atoms with Crippen LogP contribution in [0.15, 0.2) is 48.8 Å². The van der Waals surface area contributed by atoms with Crippen molar-refractivity contribution in [1.82, 2.24) is 15.3 Å². The van der Waals surface area contributed by atoms with Crippen LogP contribution in [0, 0.1) is 0 Å². The summed E-state index contributed by atoms with van der Waals surface area (Å²) in [7, 11) is 0. The lowest BCUT2D eigenvalue weighted by molar-refractivity contribution is 0.284. The van der Waals surface area contributed by atoms with E-state index in [9.17, 15) is 0 Å². The average Bonchev–Trinajstić information content (AvgIpc) is 2.48. The second-order valence-electron chi connectivity index (χ2n) is 4.17. The van der Waals surface area contributed by atoms with E-state index in [0.29, 0.717) is 6.61 Å². The highest BCUT2D eigenvalue weighted by atomic mass is 16.5. The van der Waals surface area contributed by atoms with E-state index in [1.165, 1.54) is 0 Å². The minimum atomic E-state index is 0.134. The fourth-order valence-electron chi connectivity index (χ4n) is 1.87. The Morgan fingerprint density at radius 3 is 2.53 bits per heavy atom. The van der Waals surface area contributed by atoms with Crippen molar-refractivity contribution in [2.75, 3.05) is 13.2 Å². The van der Waals surface area contributed by atoms with Crippen molar-refractivity contribution in [2.24, 2.45) is 0 Å². The summed E-state index contributed by atoms with van der Waals surface area (Å²) in [4.78, 5) is 8.59. The van der Waals surface area contributed by atoms with Crippen LogP contribution >= 0.6 is 0 Å². The maximum Gasteiger partial charge on any atom is 0.145 e. The predicted molar refractivity (Wildman–Crippen MR) is 75.0 cm³/mol. The quantitative estimate of drug-likeness (QED) is 0.828. The van der Waals surface area contributed by atoms with Gasteiger partial charge in [-0.1, -0.05) is 25.1 Å². The second kappa shape index (κ2) is 7.48. The fourth-order valence-corrected chi connectivity index (χ4v) is 1.87. The minimum absolute atomic E-state index is 0.134. The van der Waals surface area contributed by atoms with Gasteiger partial charge in [0.1, 0.15) is 11.6 Å². The van der Waals surface area contributed by atoms with E-state index in [1.807, 2.05) is 36.4 Å². The first kappa shape index (κ1) is 13.5. The number of aromatic nitrogens is 2. The lowest BCUT2D eigenvalue weighted by Crippen LogP contribution is -2.24. The molecule has 1 aromatic carbocycles. The summed E-state index contributed by atoms with van der Waals surface area (Å²) < 4.78 is 5.71. The number of para-hydroxylation sites is 1. The topological polar surface area (TPSA) is 47.0 Å². The number of ether oxygens (including phenoxy) is 1. The molecule has 100 valence electrons. The van der Waals surface area contributed by atoms with Crippen molar-refractivity contribution in [3.63, 3.8) is 0 Å². The first-order chi connectivity index (χ1) is 9.40. The van der Waals surface area contributed by atoms with E-state index in [-0.39, 0.29) is 6.04 Å². The standard InChI is InChI=1S/C15H19N3O/c1-2-16-14(15-17-10-6-11-18-15)9-12-19-13-7-4-3-5-8-13/h3-8,10-11,14,16H,2,9,12H2,1H3. The molecule has 1 heterocycles. The van der Waals surface area contributed by atoms with E-state index >= 15 is 0 Å². The van der Waals surface area contributed by atoms with Crippen molar-refractivity contribution in [2.45, 2.75) is 19.4 Å². The number of nitrogens with one attached hydrogen (secondary N) is 1. The molecule has 0 aliphatic rings. The van der Waals surface area contributed by atoms with Crippen LogP contribution in [-0.4, -0.2) is 23.1 Å². The lowest BCUT2D eigenvalue weighted by Gasteiger charge is -2.16. The maximum absolute atomic E-state index is 5.71. The van der Waals surface area contributed by atoms with Crippen molar-refractivity contribution in [3.8, 4) is 5.75 Å². The normalized spacial score (nSPS) is 12.1. The van der Waals surface area contributed by atoms with E-state index in [2.05, 4.69) is 22.2 Å². The fraction of sp³-hybridized carbons (Fsp3) is 0.333. The van der Waals surface area contributed by atoms with Crippen molar-refractivity contribution >= 4 is 0 Å². The molecule has 4 heteroatoms. The maximum atomic E-state index is 5.71. The van der Waals surface area contributed by atoms with Gasteiger partial charge in [0.2, 0.25) is 0 Å². The number of hydrogen-bond acceptors (Lipinski definition) is 4. The molecule has 1 atom stereocenters. The Labute approximate surface area is 113 Å². The molecule has 0 aliphatic heterocycles. The van der Waals surface area contributed by atoms with Gasteiger partial charge in [0.25, 0.3) is 0 Å². The van der Waals surface area contributed by atoms with Gasteiger partial charge in [-0.3, -0.25) is 0 Å². The highest BCUT2D eigenvalue weighted by Crippen LogP contribution is 2.14. The summed E-state index contributed by atoms with van der Waals surface area (Å²) in [5, 5.41) is 3.38. The molecular formula is C15H19N3O. The van der Waals surface area contributed by atoms with Crippen molar-refractivity contribution in [3.05, 3.63) is 54.6 Å². The molecule has 2 rings (SSSR count). The molecule has 0 radical (unpaired) electrons. The van der Waals surface area contributed by atoms with Crippen LogP contribution in [0.2, 0.25) is 0 Å². The number of rotatable bonds is 7. The van der Waals surface area contributed by atoms with Gasteiger partial charge in [-0.2, -0.15) is 0 Å². The van der Waals surface area contributed by atoms with Crippen LogP contribution < -0.4 is 10.1 Å². The molecule has 0 bridgehead atoms. The van der Waals surface area contributed by atoms with Gasteiger partial charge in [0, 0.05) is 18.8 Å². The molecule has 1 N–H and O–H groups in total. The van der Waals surface area contributed by atoms with Crippen LogP contribution in [0.5, 0.6) is 5.75 Å². The predicted octanol–water partition coefficient (Wildman–Crippen LogP) is 2.60. The Kier molecular flexibility index (Phi) is 5.31. The molecule has 0 amide bonds. The monoisotopic (exact) mass is 257 g/mol. The summed E-state index contributed by atoms with van der Waals surface area (Å²) in [6, 6.07) is 11.8. The van der Waals surface area contributed by atoms with Crippen molar-refractivity contribution in [1.29, 1.82) is 0 Å². The summed E-state index contributed by atoms with van der Waals surface area (Å²) in [6.07, 6.45) is 4.38. The van der Waals surface area contributed by atoms with Gasteiger partial charge in [-0.05, 0) is 24.7 Å². The molecule has 0 spiro atoms. The van der Waals surface area contributed by atoms with Gasteiger partial charge in [-0.15, -0.1) is 0 Å². The Morgan fingerprint density at radius 1 is 1.11 bits per heavy atom. The average molecular weight is 257 g/mol. The number of benzene rings is 1. The molecule has 0 fully saturated rings. The van der Waals surface area contributed by atoms with Gasteiger partial charge < -0.3 is 10.1 Å². The smallest absolute Gasteiger partial charge is 0.145 e. The molecule has 4 nitrogen and oxygen atoms in total. The van der Waals surface area contributed by atoms with Crippen LogP contribution in [0.1, 0.15) is 25.2 Å². The molecule has 19 heavy (non-hydrogen) atoms.